The molecule has 3 saturated heterocycles. The summed E-state index contributed by atoms with van der Waals surface area (Å²) in [5.74, 6) is -4.54. The van der Waals surface area contributed by atoms with Crippen LogP contribution in [0.3, 0.4) is 0 Å². The van der Waals surface area contributed by atoms with Crippen molar-refractivity contribution in [3.63, 3.8) is 0 Å². The Morgan fingerprint density at radius 1 is 0.692 bits per heavy atom. The van der Waals surface area contributed by atoms with Crippen molar-refractivity contribution in [2.24, 2.45) is 0 Å². The number of hydrogen-bond donors (Lipinski definition) is 9. The van der Waals surface area contributed by atoms with Crippen LogP contribution in [0.25, 0.3) is 6.08 Å². The second kappa shape index (κ2) is 17.6. The van der Waals surface area contributed by atoms with Gasteiger partial charge in [0.15, 0.2) is 18.7 Å². The van der Waals surface area contributed by atoms with Gasteiger partial charge in [-0.15, -0.1) is 0 Å². The minimum absolute atomic E-state index is 0.0236. The van der Waals surface area contributed by atoms with Crippen LogP contribution in [0.1, 0.15) is 15.9 Å². The molecule has 3 aliphatic rings. The lowest BCUT2D eigenvalue weighted by molar-refractivity contribution is -0.407. The van der Waals surface area contributed by atoms with Crippen LogP contribution in [0.15, 0.2) is 66.7 Å². The van der Waals surface area contributed by atoms with Gasteiger partial charge in [-0.05, 0) is 23.8 Å². The molecule has 0 bridgehead atoms. The highest BCUT2D eigenvalue weighted by Crippen LogP contribution is 2.40. The third-order valence-corrected chi connectivity index (χ3v) is 8.81. The van der Waals surface area contributed by atoms with Gasteiger partial charge in [-0.25, -0.2) is 9.59 Å². The van der Waals surface area contributed by atoms with Crippen molar-refractivity contribution in [3.05, 3.63) is 77.9 Å². The number of carbonyl (C=O) groups is 2. The highest BCUT2D eigenvalue weighted by molar-refractivity contribution is 5.89. The number of rotatable bonds is 13. The molecule has 14 atom stereocenters. The average molecular weight is 739 g/mol. The van der Waals surface area contributed by atoms with E-state index in [-0.39, 0.29) is 5.56 Å². The fraction of sp³-hybridized carbons (Fsp3) is 0.529. The fourth-order valence-electron chi connectivity index (χ4n) is 5.93. The lowest BCUT2D eigenvalue weighted by Crippen LogP contribution is -2.66. The minimum atomic E-state index is -2.57. The fourth-order valence-corrected chi connectivity index (χ4v) is 5.93. The van der Waals surface area contributed by atoms with Gasteiger partial charge < -0.3 is 79.1 Å². The third-order valence-electron chi connectivity index (χ3n) is 8.81. The first-order valence-electron chi connectivity index (χ1n) is 16.3. The molecule has 0 radical (unpaired) electrons. The first kappa shape index (κ1) is 39.8. The normalized spacial score (nSPS) is 37.9. The van der Waals surface area contributed by atoms with E-state index in [1.807, 2.05) is 0 Å². The van der Waals surface area contributed by atoms with Crippen LogP contribution in [-0.2, 0) is 38.0 Å². The van der Waals surface area contributed by atoms with Gasteiger partial charge in [-0.2, -0.15) is 0 Å². The van der Waals surface area contributed by atoms with Gasteiger partial charge in [-0.3, -0.25) is 0 Å². The van der Waals surface area contributed by atoms with Crippen LogP contribution >= 0.6 is 0 Å². The van der Waals surface area contributed by atoms with Crippen LogP contribution in [-0.4, -0.2) is 170 Å². The zero-order valence-corrected chi connectivity index (χ0v) is 27.5. The molecule has 3 heterocycles. The molecule has 52 heavy (non-hydrogen) atoms. The molecule has 2 aromatic carbocycles. The molecule has 286 valence electrons. The summed E-state index contributed by atoms with van der Waals surface area (Å²) in [7, 11) is 0. The van der Waals surface area contributed by atoms with Crippen LogP contribution < -0.4 is 0 Å². The summed E-state index contributed by atoms with van der Waals surface area (Å²) in [6.07, 6.45) is -21.3. The van der Waals surface area contributed by atoms with E-state index in [1.165, 1.54) is 30.3 Å². The standard InChI is InChI=1S/C34H42O18/c35-13-19-23(39)26(42)28(44)32(47-19)49-29-27(43)24(40)20(14-36)48-33(29)52-34(16-46-22(38)12-11-17-7-3-1-4-8-17)30(25(41)21(15-37)51-34)50-31(45)18-9-5-2-6-10-18/h1-12,19-21,23-30,32-33,35-37,39-44H,13-16H2/b12-11+. The first-order valence-corrected chi connectivity index (χ1v) is 16.3. The van der Waals surface area contributed by atoms with E-state index in [1.54, 1.807) is 36.4 Å². The summed E-state index contributed by atoms with van der Waals surface area (Å²) >= 11 is 0. The Hall–Kier alpha value is -3.44. The van der Waals surface area contributed by atoms with Gasteiger partial charge in [0.05, 0.1) is 25.4 Å². The highest BCUT2D eigenvalue weighted by Gasteiger charge is 2.62. The van der Waals surface area contributed by atoms with E-state index in [2.05, 4.69) is 0 Å². The smallest absolute Gasteiger partial charge is 0.338 e. The van der Waals surface area contributed by atoms with Crippen molar-refractivity contribution in [2.75, 3.05) is 26.4 Å². The van der Waals surface area contributed by atoms with Crippen molar-refractivity contribution in [3.8, 4) is 0 Å². The minimum Gasteiger partial charge on any atom is -0.457 e. The Kier molecular flexibility index (Phi) is 13.4. The Bertz CT molecular complexity index is 1480. The SMILES string of the molecule is O=C(/C=C/c1ccccc1)OCC1(OC2OC(CO)C(O)C(O)C2OC2OC(CO)C(O)C(O)C2O)OC(CO)C(O)C1OC(=O)c1ccccc1. The average Bonchev–Trinajstić information content (AvgIpc) is 3.42. The number of aliphatic hydroxyl groups is 9. The van der Waals surface area contributed by atoms with Gasteiger partial charge >= 0.3 is 11.9 Å². The van der Waals surface area contributed by atoms with Gasteiger partial charge in [0, 0.05) is 6.08 Å². The molecule has 3 aliphatic heterocycles. The maximum absolute atomic E-state index is 13.3. The third kappa shape index (κ3) is 8.67. The Morgan fingerprint density at radius 2 is 1.27 bits per heavy atom. The first-order chi connectivity index (χ1) is 24.9. The highest BCUT2D eigenvalue weighted by atomic mass is 16.8. The Morgan fingerprint density at radius 3 is 1.88 bits per heavy atom. The van der Waals surface area contributed by atoms with E-state index in [0.717, 1.165) is 6.08 Å². The maximum Gasteiger partial charge on any atom is 0.338 e. The molecular weight excluding hydrogens is 696 g/mol. The number of ether oxygens (including phenoxy) is 7. The molecule has 0 spiro atoms. The van der Waals surface area contributed by atoms with Gasteiger partial charge in [-0.1, -0.05) is 48.5 Å². The maximum atomic E-state index is 13.3. The number of aliphatic hydroxyl groups excluding tert-OH is 9. The zero-order chi connectivity index (χ0) is 37.6. The molecule has 0 aromatic heterocycles. The molecule has 18 heteroatoms. The van der Waals surface area contributed by atoms with Gasteiger partial charge in [0.2, 0.25) is 5.79 Å². The van der Waals surface area contributed by atoms with Crippen LogP contribution in [0.5, 0.6) is 0 Å². The zero-order valence-electron chi connectivity index (χ0n) is 27.5. The van der Waals surface area contributed by atoms with Gasteiger partial charge in [0.25, 0.3) is 0 Å². The summed E-state index contributed by atoms with van der Waals surface area (Å²) < 4.78 is 40.0. The summed E-state index contributed by atoms with van der Waals surface area (Å²) in [5.41, 5.74) is 0.662. The molecule has 0 saturated carbocycles. The number of benzene rings is 2. The quantitative estimate of drug-likeness (QED) is 0.0714. The molecule has 5 rings (SSSR count). The monoisotopic (exact) mass is 738 g/mol. The van der Waals surface area contributed by atoms with E-state index >= 15 is 0 Å². The summed E-state index contributed by atoms with van der Waals surface area (Å²) in [6.45, 7) is -3.57. The van der Waals surface area contributed by atoms with Crippen molar-refractivity contribution < 1.29 is 88.7 Å². The molecule has 18 nitrogen and oxygen atoms in total. The predicted octanol–water partition coefficient (Wildman–Crippen LogP) is -3.44. The summed E-state index contributed by atoms with van der Waals surface area (Å²) in [6, 6.07) is 16.2. The largest absolute Gasteiger partial charge is 0.457 e. The Labute approximate surface area is 296 Å². The molecule has 0 aliphatic carbocycles. The van der Waals surface area contributed by atoms with Crippen LogP contribution in [0, 0.1) is 0 Å². The number of carbonyl (C=O) groups excluding carboxylic acids is 2. The topological polar surface area (TPSA) is 281 Å². The number of hydrogen-bond acceptors (Lipinski definition) is 18. The molecule has 0 amide bonds. The summed E-state index contributed by atoms with van der Waals surface area (Å²) in [5, 5.41) is 94.0. The van der Waals surface area contributed by atoms with Gasteiger partial charge in [0.1, 0.15) is 67.6 Å². The number of esters is 2. The van der Waals surface area contributed by atoms with E-state index in [9.17, 15) is 55.5 Å². The van der Waals surface area contributed by atoms with Crippen molar-refractivity contribution in [1.29, 1.82) is 0 Å². The summed E-state index contributed by atoms with van der Waals surface area (Å²) in [4.78, 5) is 26.2. The Balaban J connectivity index is 1.50. The van der Waals surface area contributed by atoms with Crippen LogP contribution in [0.2, 0.25) is 0 Å². The molecule has 2 aromatic rings. The second-order valence-electron chi connectivity index (χ2n) is 12.3. The molecule has 14 unspecified atom stereocenters. The van der Waals surface area contributed by atoms with Crippen molar-refractivity contribution >= 4 is 18.0 Å². The molecular formula is C34H42O18. The van der Waals surface area contributed by atoms with Crippen molar-refractivity contribution in [1.82, 2.24) is 0 Å². The molecule has 3 fully saturated rings. The van der Waals surface area contributed by atoms with Crippen LogP contribution in [0.4, 0.5) is 0 Å². The lowest BCUT2D eigenvalue weighted by atomic mass is 9.97. The molecule has 9 N–H and O–H groups in total. The lowest BCUT2D eigenvalue weighted by Gasteiger charge is -2.47. The van der Waals surface area contributed by atoms with E-state index < -0.39 is 124 Å². The van der Waals surface area contributed by atoms with E-state index in [0.29, 0.717) is 5.56 Å². The second-order valence-corrected chi connectivity index (χ2v) is 12.3. The van der Waals surface area contributed by atoms with Crippen molar-refractivity contribution in [2.45, 2.75) is 85.5 Å². The predicted molar refractivity (Wildman–Crippen MR) is 170 cm³/mol. The van der Waals surface area contributed by atoms with E-state index in [4.69, 9.17) is 33.2 Å².